The van der Waals surface area contributed by atoms with Gasteiger partial charge in [-0.2, -0.15) is 5.26 Å². The summed E-state index contributed by atoms with van der Waals surface area (Å²) in [7, 11) is 0. The predicted octanol–water partition coefficient (Wildman–Crippen LogP) is 1.17. The van der Waals surface area contributed by atoms with Crippen LogP contribution in [0.1, 0.15) is 51.9 Å². The van der Waals surface area contributed by atoms with E-state index in [9.17, 15) is 9.90 Å². The summed E-state index contributed by atoms with van der Waals surface area (Å²) in [5, 5.41) is 23.2. The van der Waals surface area contributed by atoms with Crippen molar-refractivity contribution in [2.75, 3.05) is 13.1 Å². The molecule has 4 rings (SSSR count). The van der Waals surface area contributed by atoms with E-state index in [0.29, 0.717) is 18.5 Å². The Kier molecular flexibility index (Phi) is 2.93. The van der Waals surface area contributed by atoms with Gasteiger partial charge < -0.3 is 15.3 Å². The number of likely N-dealkylation sites (tertiary alicyclic amines) is 1. The summed E-state index contributed by atoms with van der Waals surface area (Å²) in [6.07, 6.45) is 6.84. The van der Waals surface area contributed by atoms with Crippen LogP contribution in [-0.2, 0) is 4.79 Å². The summed E-state index contributed by atoms with van der Waals surface area (Å²) in [5.41, 5.74) is -0.328. The molecule has 2 N–H and O–H groups in total. The fourth-order valence-corrected chi connectivity index (χ4v) is 5.88. The third-order valence-corrected chi connectivity index (χ3v) is 6.48. The van der Waals surface area contributed by atoms with E-state index in [1.165, 1.54) is 6.42 Å². The molecule has 1 heterocycles. The van der Waals surface area contributed by atoms with E-state index in [0.717, 1.165) is 44.4 Å². The average molecular weight is 303 g/mol. The lowest BCUT2D eigenvalue weighted by Gasteiger charge is -2.45. The maximum atomic E-state index is 12.4. The SMILES string of the molecule is CC1(O)CC2(NCC(=O)N3CCC[C@H]3C#N)CC3CC3(C1)C2. The Bertz CT molecular complexity index is 555. The molecule has 4 unspecified atom stereocenters. The van der Waals surface area contributed by atoms with Crippen LogP contribution in [0.25, 0.3) is 0 Å². The van der Waals surface area contributed by atoms with Gasteiger partial charge in [-0.15, -0.1) is 0 Å². The van der Waals surface area contributed by atoms with Gasteiger partial charge in [0.05, 0.1) is 18.2 Å². The Hall–Kier alpha value is -1.12. The van der Waals surface area contributed by atoms with Gasteiger partial charge in [-0.05, 0) is 63.2 Å². The zero-order valence-electron chi connectivity index (χ0n) is 13.3. The van der Waals surface area contributed by atoms with E-state index < -0.39 is 5.60 Å². The third kappa shape index (κ3) is 2.16. The number of rotatable bonds is 3. The topological polar surface area (TPSA) is 76.4 Å². The van der Waals surface area contributed by atoms with Crippen LogP contribution in [0.15, 0.2) is 0 Å². The van der Waals surface area contributed by atoms with Gasteiger partial charge in [0.2, 0.25) is 5.91 Å². The number of nitriles is 1. The summed E-state index contributed by atoms with van der Waals surface area (Å²) >= 11 is 0. The van der Waals surface area contributed by atoms with Gasteiger partial charge in [-0.25, -0.2) is 0 Å². The van der Waals surface area contributed by atoms with E-state index in [2.05, 4.69) is 11.4 Å². The maximum Gasteiger partial charge on any atom is 0.237 e. The zero-order valence-corrected chi connectivity index (χ0v) is 13.3. The van der Waals surface area contributed by atoms with Gasteiger partial charge in [0, 0.05) is 12.1 Å². The van der Waals surface area contributed by atoms with E-state index in [4.69, 9.17) is 5.26 Å². The lowest BCUT2D eigenvalue weighted by Crippen LogP contribution is -2.56. The fourth-order valence-electron chi connectivity index (χ4n) is 5.88. The summed E-state index contributed by atoms with van der Waals surface area (Å²) in [5.74, 6) is 0.779. The van der Waals surface area contributed by atoms with Crippen molar-refractivity contribution in [3.8, 4) is 6.07 Å². The Morgan fingerprint density at radius 3 is 3.00 bits per heavy atom. The van der Waals surface area contributed by atoms with E-state index in [1.807, 2.05) is 6.92 Å². The maximum absolute atomic E-state index is 12.4. The van der Waals surface area contributed by atoms with Crippen molar-refractivity contribution >= 4 is 5.91 Å². The molecule has 0 aromatic heterocycles. The van der Waals surface area contributed by atoms with Crippen LogP contribution in [0.5, 0.6) is 0 Å². The van der Waals surface area contributed by atoms with Crippen LogP contribution in [-0.4, -0.2) is 46.2 Å². The number of nitrogens with zero attached hydrogens (tertiary/aromatic N) is 2. The van der Waals surface area contributed by atoms with Gasteiger partial charge >= 0.3 is 0 Å². The van der Waals surface area contributed by atoms with Crippen LogP contribution in [0.3, 0.4) is 0 Å². The highest BCUT2D eigenvalue weighted by atomic mass is 16.3. The monoisotopic (exact) mass is 303 g/mol. The molecule has 1 spiro atoms. The van der Waals surface area contributed by atoms with E-state index in [1.54, 1.807) is 4.90 Å². The number of aliphatic hydroxyl groups is 1. The molecule has 3 saturated carbocycles. The van der Waals surface area contributed by atoms with Crippen LogP contribution < -0.4 is 5.32 Å². The Balaban J connectivity index is 1.42. The lowest BCUT2D eigenvalue weighted by molar-refractivity contribution is -0.131. The van der Waals surface area contributed by atoms with Gasteiger partial charge in [-0.1, -0.05) is 0 Å². The zero-order chi connectivity index (χ0) is 15.6. The van der Waals surface area contributed by atoms with Crippen LogP contribution in [0, 0.1) is 22.7 Å². The number of nitrogens with one attached hydrogen (secondary N) is 1. The van der Waals surface area contributed by atoms with Gasteiger partial charge in [0.15, 0.2) is 0 Å². The average Bonchev–Trinajstić information content (AvgIpc) is 2.84. The molecule has 22 heavy (non-hydrogen) atoms. The van der Waals surface area contributed by atoms with Gasteiger partial charge in [0.25, 0.3) is 0 Å². The number of carbonyl (C=O) groups is 1. The Morgan fingerprint density at radius 2 is 2.23 bits per heavy atom. The molecular weight excluding hydrogens is 278 g/mol. The van der Waals surface area contributed by atoms with Crippen molar-refractivity contribution < 1.29 is 9.90 Å². The minimum absolute atomic E-state index is 0.0401. The molecule has 1 saturated heterocycles. The van der Waals surface area contributed by atoms with Crippen molar-refractivity contribution in [1.82, 2.24) is 10.2 Å². The van der Waals surface area contributed by atoms with Crippen LogP contribution in [0.4, 0.5) is 0 Å². The standard InChI is InChI=1S/C17H25N3O2/c1-15(22)9-16-5-12(16)6-17(10-15,11-16)19-8-14(21)20-4-2-3-13(20)7-18/h12-13,19,22H,2-6,8-11H2,1H3/t12?,13-,15?,16?,17?/m0/s1. The quantitative estimate of drug-likeness (QED) is 0.821. The third-order valence-electron chi connectivity index (χ3n) is 6.48. The number of amides is 1. The van der Waals surface area contributed by atoms with Crippen molar-refractivity contribution in [1.29, 1.82) is 5.26 Å². The lowest BCUT2D eigenvalue weighted by atomic mass is 9.70. The van der Waals surface area contributed by atoms with Gasteiger partial charge in [-0.3, -0.25) is 4.79 Å². The van der Waals surface area contributed by atoms with Gasteiger partial charge in [0.1, 0.15) is 6.04 Å². The molecular formula is C17H25N3O2. The van der Waals surface area contributed by atoms with Crippen molar-refractivity contribution in [3.05, 3.63) is 0 Å². The Morgan fingerprint density at radius 1 is 1.41 bits per heavy atom. The molecule has 0 radical (unpaired) electrons. The molecule has 4 aliphatic rings. The largest absolute Gasteiger partial charge is 0.390 e. The Labute approximate surface area is 131 Å². The molecule has 1 aliphatic heterocycles. The van der Waals surface area contributed by atoms with Crippen molar-refractivity contribution in [2.45, 2.75) is 69.1 Å². The van der Waals surface area contributed by atoms with Crippen LogP contribution in [0.2, 0.25) is 0 Å². The highest BCUT2D eigenvalue weighted by molar-refractivity contribution is 5.79. The predicted molar refractivity (Wildman–Crippen MR) is 80.7 cm³/mol. The first-order chi connectivity index (χ1) is 10.4. The van der Waals surface area contributed by atoms with E-state index in [-0.39, 0.29) is 17.5 Å². The highest BCUT2D eigenvalue weighted by Gasteiger charge is 2.70. The second-order valence-electron chi connectivity index (χ2n) is 8.50. The first kappa shape index (κ1) is 14.5. The molecule has 4 fully saturated rings. The van der Waals surface area contributed by atoms with E-state index >= 15 is 0 Å². The summed E-state index contributed by atoms with van der Waals surface area (Å²) in [6.45, 7) is 2.95. The number of hydrogen-bond donors (Lipinski definition) is 2. The number of hydrogen-bond acceptors (Lipinski definition) is 4. The molecule has 5 atom stereocenters. The molecule has 3 aliphatic carbocycles. The molecule has 5 nitrogen and oxygen atoms in total. The molecule has 5 heteroatoms. The highest BCUT2D eigenvalue weighted by Crippen LogP contribution is 2.73. The minimum Gasteiger partial charge on any atom is -0.390 e. The summed E-state index contributed by atoms with van der Waals surface area (Å²) in [6, 6.07) is 1.98. The first-order valence-electron chi connectivity index (χ1n) is 8.54. The molecule has 2 bridgehead atoms. The summed E-state index contributed by atoms with van der Waals surface area (Å²) in [4.78, 5) is 14.1. The minimum atomic E-state index is -0.609. The fraction of sp³-hybridized carbons (Fsp3) is 0.882. The molecule has 120 valence electrons. The summed E-state index contributed by atoms with van der Waals surface area (Å²) < 4.78 is 0. The van der Waals surface area contributed by atoms with Crippen LogP contribution >= 0.6 is 0 Å². The first-order valence-corrected chi connectivity index (χ1v) is 8.54. The van der Waals surface area contributed by atoms with Crippen molar-refractivity contribution in [2.24, 2.45) is 11.3 Å². The second-order valence-corrected chi connectivity index (χ2v) is 8.50. The molecule has 1 amide bonds. The number of carbonyl (C=O) groups excluding carboxylic acids is 1. The van der Waals surface area contributed by atoms with Crippen molar-refractivity contribution in [3.63, 3.8) is 0 Å². The number of fused-ring (bicyclic) bond motifs is 1. The second kappa shape index (κ2) is 4.46. The molecule has 0 aromatic rings. The smallest absolute Gasteiger partial charge is 0.237 e. The molecule has 0 aromatic carbocycles. The normalized spacial score (nSPS) is 48.9.